The van der Waals surface area contributed by atoms with Crippen molar-refractivity contribution in [1.29, 1.82) is 0 Å². The van der Waals surface area contributed by atoms with Gasteiger partial charge < -0.3 is 14.4 Å². The van der Waals surface area contributed by atoms with Crippen LogP contribution in [0.4, 0.5) is 13.2 Å². The Morgan fingerprint density at radius 1 is 1.28 bits per heavy atom. The molecule has 8 nitrogen and oxygen atoms in total. The molecule has 0 aliphatic carbocycles. The molecule has 12 heteroatoms. The smallest absolute Gasteiger partial charge is 0.430 e. The molecule has 0 bridgehead atoms. The summed E-state index contributed by atoms with van der Waals surface area (Å²) in [5, 5.41) is 16.7. The summed E-state index contributed by atoms with van der Waals surface area (Å²) in [4.78, 5) is 18.3. The van der Waals surface area contributed by atoms with E-state index < -0.39 is 29.2 Å². The Kier molecular flexibility index (Phi) is 7.86. The van der Waals surface area contributed by atoms with Crippen LogP contribution < -0.4 is 4.74 Å². The number of esters is 1. The van der Waals surface area contributed by atoms with Gasteiger partial charge in [0.25, 0.3) is 0 Å². The third-order valence-corrected chi connectivity index (χ3v) is 4.23. The Morgan fingerprint density at radius 3 is 2.55 bits per heavy atom. The lowest BCUT2D eigenvalue weighted by atomic mass is 9.99. The van der Waals surface area contributed by atoms with Crippen molar-refractivity contribution in [2.24, 2.45) is 0 Å². The number of likely N-dealkylation sites (N-methyl/N-ethyl adjacent to an activating group) is 1. The van der Waals surface area contributed by atoms with Gasteiger partial charge in [-0.25, -0.2) is 9.63 Å². The topological polar surface area (TPSA) is 91.7 Å². The van der Waals surface area contributed by atoms with Crippen molar-refractivity contribution in [1.82, 2.24) is 10.3 Å². The minimum atomic E-state index is -4.82. The van der Waals surface area contributed by atoms with Gasteiger partial charge in [0.15, 0.2) is 0 Å². The number of nitrogens with zero attached hydrogens (tertiary/aromatic N) is 2. The van der Waals surface area contributed by atoms with E-state index in [2.05, 4.69) is 4.84 Å². The van der Waals surface area contributed by atoms with Gasteiger partial charge in [0.05, 0.1) is 17.6 Å². The first kappa shape index (κ1) is 23.4. The van der Waals surface area contributed by atoms with Crippen molar-refractivity contribution in [3.63, 3.8) is 0 Å². The van der Waals surface area contributed by atoms with Crippen molar-refractivity contribution in [2.75, 3.05) is 33.4 Å². The van der Waals surface area contributed by atoms with E-state index in [-0.39, 0.29) is 37.6 Å². The minimum absolute atomic E-state index is 0.00909. The van der Waals surface area contributed by atoms with Gasteiger partial charge in [-0.15, -0.1) is 0 Å². The standard InChI is InChI=1S/C17H20ClF3N2O6/c1-10-7-12(18)8-11-9-13(15(17(19,20)21)29-14(10)11)16(24)27-5-3-22(2)4-6-28-23(25)26/h7-9,15,25-26H,3-6H2,1-2H3/t15-/m0/s1. The van der Waals surface area contributed by atoms with Crippen LogP contribution in [0.3, 0.4) is 0 Å². The monoisotopic (exact) mass is 440 g/mol. The molecule has 1 aromatic rings. The molecule has 1 heterocycles. The molecule has 1 aliphatic heterocycles. The van der Waals surface area contributed by atoms with Crippen molar-refractivity contribution in [3.05, 3.63) is 33.9 Å². The van der Waals surface area contributed by atoms with Crippen LogP contribution in [-0.4, -0.2) is 72.3 Å². The fourth-order valence-electron chi connectivity index (χ4n) is 2.63. The molecule has 0 fully saturated rings. The third-order valence-electron chi connectivity index (χ3n) is 4.02. The summed E-state index contributed by atoms with van der Waals surface area (Å²) in [6.45, 7) is 1.72. The molecular formula is C17H20ClF3N2O6. The normalized spacial score (nSPS) is 16.5. The molecule has 1 atom stereocenters. The number of halogens is 4. The first-order chi connectivity index (χ1) is 13.5. The summed E-state index contributed by atoms with van der Waals surface area (Å²) >= 11 is 5.94. The van der Waals surface area contributed by atoms with Gasteiger partial charge in [0.1, 0.15) is 12.4 Å². The van der Waals surface area contributed by atoms with Gasteiger partial charge >= 0.3 is 12.1 Å². The number of fused-ring (bicyclic) bond motifs is 1. The summed E-state index contributed by atoms with van der Waals surface area (Å²) < 4.78 is 50.4. The second-order valence-electron chi connectivity index (χ2n) is 6.31. The van der Waals surface area contributed by atoms with Crippen LogP contribution in [0.2, 0.25) is 5.02 Å². The molecular weight excluding hydrogens is 421 g/mol. The molecule has 0 saturated heterocycles. The summed E-state index contributed by atoms with van der Waals surface area (Å²) in [6.07, 6.45) is -6.19. The van der Waals surface area contributed by atoms with Crippen LogP contribution in [0.1, 0.15) is 11.1 Å². The number of aryl methyl sites for hydroxylation is 1. The van der Waals surface area contributed by atoms with Gasteiger partial charge in [-0.3, -0.25) is 10.4 Å². The third kappa shape index (κ3) is 6.56. The van der Waals surface area contributed by atoms with Gasteiger partial charge in [0.2, 0.25) is 6.10 Å². The lowest BCUT2D eigenvalue weighted by molar-refractivity contribution is -0.492. The maximum atomic E-state index is 13.4. The van der Waals surface area contributed by atoms with Crippen LogP contribution in [0.5, 0.6) is 5.75 Å². The molecule has 0 aromatic heterocycles. The first-order valence-corrected chi connectivity index (χ1v) is 8.78. The zero-order chi connectivity index (χ0) is 21.8. The number of carbonyl (C=O) groups excluding carboxylic acids is 1. The summed E-state index contributed by atoms with van der Waals surface area (Å²) in [7, 11) is 1.62. The Balaban J connectivity index is 2.06. The lowest BCUT2D eigenvalue weighted by Gasteiger charge is -2.29. The van der Waals surface area contributed by atoms with E-state index >= 15 is 0 Å². The van der Waals surface area contributed by atoms with Crippen molar-refractivity contribution >= 4 is 23.6 Å². The lowest BCUT2D eigenvalue weighted by Crippen LogP contribution is -2.41. The number of benzene rings is 1. The minimum Gasteiger partial charge on any atom is -0.475 e. The average molecular weight is 441 g/mol. The molecule has 0 radical (unpaired) electrons. The predicted molar refractivity (Wildman–Crippen MR) is 94.5 cm³/mol. The molecule has 0 amide bonds. The Bertz CT molecular complexity index is 772. The van der Waals surface area contributed by atoms with E-state index in [9.17, 15) is 18.0 Å². The van der Waals surface area contributed by atoms with Gasteiger partial charge in [-0.1, -0.05) is 11.6 Å². The summed E-state index contributed by atoms with van der Waals surface area (Å²) in [6, 6.07) is 2.88. The molecule has 1 aromatic carbocycles. The molecule has 2 rings (SSSR count). The predicted octanol–water partition coefficient (Wildman–Crippen LogP) is 2.84. The van der Waals surface area contributed by atoms with Crippen molar-refractivity contribution < 1.29 is 42.7 Å². The van der Waals surface area contributed by atoms with Gasteiger partial charge in [-0.2, -0.15) is 13.2 Å². The van der Waals surface area contributed by atoms with Crippen LogP contribution in [0.15, 0.2) is 17.7 Å². The van der Waals surface area contributed by atoms with E-state index in [1.165, 1.54) is 12.1 Å². The summed E-state index contributed by atoms with van der Waals surface area (Å²) in [5.41, 5.74) is 0.00159. The van der Waals surface area contributed by atoms with E-state index in [1.54, 1.807) is 18.9 Å². The molecule has 2 N–H and O–H groups in total. The Hall–Kier alpha value is -1.89. The van der Waals surface area contributed by atoms with E-state index in [4.69, 9.17) is 31.5 Å². The highest BCUT2D eigenvalue weighted by Crippen LogP contribution is 2.40. The summed E-state index contributed by atoms with van der Waals surface area (Å²) in [5.74, 6) is -1.15. The molecule has 0 saturated carbocycles. The second-order valence-corrected chi connectivity index (χ2v) is 6.74. The zero-order valence-corrected chi connectivity index (χ0v) is 16.3. The average Bonchev–Trinajstić information content (AvgIpc) is 2.59. The SMILES string of the molecule is Cc1cc(Cl)cc2c1O[C@H](C(F)(F)F)C(C(=O)OCCN(C)CCON(O)O)=C2. The Labute approximate surface area is 169 Å². The fourth-order valence-corrected chi connectivity index (χ4v) is 2.91. The number of rotatable bonds is 8. The molecule has 0 unspecified atom stereocenters. The van der Waals surface area contributed by atoms with Gasteiger partial charge in [0, 0.05) is 23.7 Å². The molecule has 29 heavy (non-hydrogen) atoms. The van der Waals surface area contributed by atoms with E-state index in [0.717, 1.165) is 6.08 Å². The second kappa shape index (κ2) is 9.74. The number of alkyl halides is 3. The number of ether oxygens (including phenoxy) is 2. The van der Waals surface area contributed by atoms with Crippen LogP contribution >= 0.6 is 11.6 Å². The van der Waals surface area contributed by atoms with Crippen molar-refractivity contribution in [2.45, 2.75) is 19.2 Å². The molecule has 162 valence electrons. The van der Waals surface area contributed by atoms with Crippen LogP contribution in [0.25, 0.3) is 6.08 Å². The largest absolute Gasteiger partial charge is 0.475 e. The van der Waals surface area contributed by atoms with E-state index in [0.29, 0.717) is 10.6 Å². The van der Waals surface area contributed by atoms with Crippen molar-refractivity contribution in [3.8, 4) is 5.75 Å². The number of hydrogen-bond acceptors (Lipinski definition) is 8. The number of carbonyl (C=O) groups is 1. The van der Waals surface area contributed by atoms with Gasteiger partial charge in [-0.05, 0) is 37.7 Å². The maximum Gasteiger partial charge on any atom is 0.430 e. The zero-order valence-electron chi connectivity index (χ0n) is 15.6. The molecule has 1 aliphatic rings. The number of hydrogen-bond donors (Lipinski definition) is 2. The highest BCUT2D eigenvalue weighted by molar-refractivity contribution is 6.30. The molecule has 0 spiro atoms. The van der Waals surface area contributed by atoms with Crippen LogP contribution in [-0.2, 0) is 14.4 Å². The van der Waals surface area contributed by atoms with E-state index in [1.807, 2.05) is 0 Å². The van der Waals surface area contributed by atoms with Crippen LogP contribution in [0, 0.1) is 6.92 Å². The Morgan fingerprint density at radius 2 is 1.93 bits per heavy atom. The maximum absolute atomic E-state index is 13.4. The fraction of sp³-hybridized carbons (Fsp3) is 0.471. The highest BCUT2D eigenvalue weighted by atomic mass is 35.5. The quantitative estimate of drug-likeness (QED) is 0.471. The highest BCUT2D eigenvalue weighted by Gasteiger charge is 2.49. The first-order valence-electron chi connectivity index (χ1n) is 8.40.